The summed E-state index contributed by atoms with van der Waals surface area (Å²) in [4.78, 5) is 38.3. The van der Waals surface area contributed by atoms with Gasteiger partial charge in [-0.15, -0.1) is 11.8 Å². The van der Waals surface area contributed by atoms with E-state index in [4.69, 9.17) is 14.0 Å². The van der Waals surface area contributed by atoms with Gasteiger partial charge in [-0.25, -0.2) is 0 Å². The Bertz CT molecular complexity index is 964. The second kappa shape index (κ2) is 12.7. The summed E-state index contributed by atoms with van der Waals surface area (Å²) in [7, 11) is 1.54. The standard InChI is InChI=1S/C22H30N4O6S/c1-6-30-17-9-8-16(11-18(17)31-7-2)23-20(27)12-26(5)21(28)13-33-15(4)22(29)24-19-10-14(3)32-25-19/h8-11,15H,6-7,12-13H2,1-5H3,(H,23,27)(H,24,25,29)/t15-/m1/s1. The van der Waals surface area contributed by atoms with Gasteiger partial charge in [-0.1, -0.05) is 5.16 Å². The predicted molar refractivity (Wildman–Crippen MR) is 127 cm³/mol. The molecule has 1 aromatic heterocycles. The number of thioether (sulfide) groups is 1. The molecule has 0 bridgehead atoms. The van der Waals surface area contributed by atoms with E-state index in [1.165, 1.54) is 23.7 Å². The zero-order valence-electron chi connectivity index (χ0n) is 19.5. The van der Waals surface area contributed by atoms with Gasteiger partial charge in [-0.05, 0) is 39.8 Å². The van der Waals surface area contributed by atoms with Gasteiger partial charge in [0.25, 0.3) is 0 Å². The molecule has 0 fully saturated rings. The third-order valence-electron chi connectivity index (χ3n) is 4.34. The molecule has 0 radical (unpaired) electrons. The molecule has 2 N–H and O–H groups in total. The lowest BCUT2D eigenvalue weighted by molar-refractivity contribution is -0.131. The molecule has 2 aromatic rings. The maximum Gasteiger partial charge on any atom is 0.243 e. The molecular formula is C22H30N4O6S. The molecule has 0 unspecified atom stereocenters. The quantitative estimate of drug-likeness (QED) is 0.477. The molecule has 11 heteroatoms. The minimum Gasteiger partial charge on any atom is -0.490 e. The van der Waals surface area contributed by atoms with Gasteiger partial charge in [-0.3, -0.25) is 14.4 Å². The fourth-order valence-corrected chi connectivity index (χ4v) is 3.49. The topological polar surface area (TPSA) is 123 Å². The zero-order chi connectivity index (χ0) is 24.4. The van der Waals surface area contributed by atoms with Crippen LogP contribution in [-0.2, 0) is 14.4 Å². The summed E-state index contributed by atoms with van der Waals surface area (Å²) in [6.45, 7) is 7.97. The minimum atomic E-state index is -0.492. The number of carbonyl (C=O) groups excluding carboxylic acids is 3. The fourth-order valence-electron chi connectivity index (χ4n) is 2.67. The van der Waals surface area contributed by atoms with Crippen LogP contribution in [0.25, 0.3) is 0 Å². The van der Waals surface area contributed by atoms with Crippen molar-refractivity contribution in [3.63, 3.8) is 0 Å². The lowest BCUT2D eigenvalue weighted by Crippen LogP contribution is -2.36. The average Bonchev–Trinajstić information content (AvgIpc) is 3.18. The summed E-state index contributed by atoms with van der Waals surface area (Å²) in [6, 6.07) is 6.72. The first-order valence-electron chi connectivity index (χ1n) is 10.5. The van der Waals surface area contributed by atoms with E-state index in [2.05, 4.69) is 15.8 Å². The lowest BCUT2D eigenvalue weighted by Gasteiger charge is -2.18. The van der Waals surface area contributed by atoms with Crippen LogP contribution in [0.1, 0.15) is 26.5 Å². The van der Waals surface area contributed by atoms with Gasteiger partial charge in [0, 0.05) is 24.9 Å². The molecule has 1 atom stereocenters. The molecule has 3 amide bonds. The Balaban J connectivity index is 1.81. The monoisotopic (exact) mass is 478 g/mol. The van der Waals surface area contributed by atoms with Crippen LogP contribution >= 0.6 is 11.8 Å². The summed E-state index contributed by atoms with van der Waals surface area (Å²) in [5.74, 6) is 1.18. The largest absolute Gasteiger partial charge is 0.490 e. The van der Waals surface area contributed by atoms with E-state index >= 15 is 0 Å². The van der Waals surface area contributed by atoms with Crippen molar-refractivity contribution in [3.05, 3.63) is 30.0 Å². The molecule has 0 saturated carbocycles. The van der Waals surface area contributed by atoms with E-state index in [1.807, 2.05) is 13.8 Å². The average molecular weight is 479 g/mol. The van der Waals surface area contributed by atoms with E-state index in [0.717, 1.165) is 0 Å². The molecule has 180 valence electrons. The van der Waals surface area contributed by atoms with Crippen molar-refractivity contribution in [1.82, 2.24) is 10.1 Å². The van der Waals surface area contributed by atoms with Crippen LogP contribution in [0, 0.1) is 6.92 Å². The Hall–Kier alpha value is -3.21. The number of nitrogens with one attached hydrogen (secondary N) is 2. The van der Waals surface area contributed by atoms with Crippen molar-refractivity contribution in [2.75, 3.05) is 43.2 Å². The zero-order valence-corrected chi connectivity index (χ0v) is 20.3. The molecule has 1 heterocycles. The molecule has 1 aromatic carbocycles. The summed E-state index contributed by atoms with van der Waals surface area (Å²) in [6.07, 6.45) is 0. The SMILES string of the molecule is CCOc1ccc(NC(=O)CN(C)C(=O)CS[C@H](C)C(=O)Nc2cc(C)on2)cc1OCC. The number of likely N-dealkylation sites (N-methyl/N-ethyl adjacent to an activating group) is 1. The molecule has 2 rings (SSSR count). The van der Waals surface area contributed by atoms with E-state index in [0.29, 0.717) is 42.0 Å². The summed E-state index contributed by atoms with van der Waals surface area (Å²) in [5.41, 5.74) is 0.538. The molecule has 10 nitrogen and oxygen atoms in total. The Morgan fingerprint density at radius 3 is 2.45 bits per heavy atom. The van der Waals surface area contributed by atoms with Crippen molar-refractivity contribution in [2.45, 2.75) is 32.9 Å². The van der Waals surface area contributed by atoms with Gasteiger partial charge < -0.3 is 29.5 Å². The van der Waals surface area contributed by atoms with E-state index in [1.54, 1.807) is 38.1 Å². The first-order chi connectivity index (χ1) is 15.7. The molecule has 0 spiro atoms. The Morgan fingerprint density at radius 1 is 1.12 bits per heavy atom. The summed E-state index contributed by atoms with van der Waals surface area (Å²) in [5, 5.41) is 8.60. The van der Waals surface area contributed by atoms with Crippen LogP contribution < -0.4 is 20.1 Å². The second-order valence-corrected chi connectivity index (χ2v) is 8.42. The van der Waals surface area contributed by atoms with Crippen molar-refractivity contribution in [3.8, 4) is 11.5 Å². The number of anilines is 2. The van der Waals surface area contributed by atoms with Gasteiger partial charge in [-0.2, -0.15) is 0 Å². The highest BCUT2D eigenvalue weighted by atomic mass is 32.2. The lowest BCUT2D eigenvalue weighted by atomic mass is 10.2. The minimum absolute atomic E-state index is 0.0494. The number of rotatable bonds is 12. The number of aryl methyl sites for hydroxylation is 1. The Morgan fingerprint density at radius 2 is 1.82 bits per heavy atom. The van der Waals surface area contributed by atoms with Gasteiger partial charge in [0.05, 0.1) is 30.8 Å². The fraction of sp³-hybridized carbons (Fsp3) is 0.455. The van der Waals surface area contributed by atoms with E-state index in [9.17, 15) is 14.4 Å². The summed E-state index contributed by atoms with van der Waals surface area (Å²) < 4.78 is 16.0. The molecule has 0 aliphatic rings. The smallest absolute Gasteiger partial charge is 0.243 e. The van der Waals surface area contributed by atoms with Crippen molar-refractivity contribution in [2.24, 2.45) is 0 Å². The van der Waals surface area contributed by atoms with Crippen LogP contribution in [0.5, 0.6) is 11.5 Å². The van der Waals surface area contributed by atoms with Crippen molar-refractivity contribution in [1.29, 1.82) is 0 Å². The molecule has 0 saturated heterocycles. The number of ether oxygens (including phenoxy) is 2. The van der Waals surface area contributed by atoms with Crippen molar-refractivity contribution >= 4 is 41.0 Å². The normalized spacial score (nSPS) is 11.4. The van der Waals surface area contributed by atoms with Gasteiger partial charge in [0.1, 0.15) is 5.76 Å². The van der Waals surface area contributed by atoms with Gasteiger partial charge in [0.2, 0.25) is 17.7 Å². The first-order valence-corrected chi connectivity index (χ1v) is 11.6. The van der Waals surface area contributed by atoms with Gasteiger partial charge in [0.15, 0.2) is 17.3 Å². The molecule has 0 aliphatic heterocycles. The third-order valence-corrected chi connectivity index (χ3v) is 5.47. The van der Waals surface area contributed by atoms with Crippen molar-refractivity contribution < 1.29 is 28.4 Å². The highest BCUT2D eigenvalue weighted by Crippen LogP contribution is 2.30. The maximum absolute atomic E-state index is 12.4. The Kier molecular flexibility index (Phi) is 10.0. The second-order valence-electron chi connectivity index (χ2n) is 7.09. The molecular weight excluding hydrogens is 448 g/mol. The van der Waals surface area contributed by atoms with Gasteiger partial charge >= 0.3 is 0 Å². The number of amides is 3. The molecule has 33 heavy (non-hydrogen) atoms. The Labute approximate surface area is 197 Å². The number of carbonyl (C=O) groups is 3. The molecule has 0 aliphatic carbocycles. The highest BCUT2D eigenvalue weighted by Gasteiger charge is 2.19. The third kappa shape index (κ3) is 8.33. The number of benzene rings is 1. The summed E-state index contributed by atoms with van der Waals surface area (Å²) >= 11 is 1.17. The van der Waals surface area contributed by atoms with Crippen LogP contribution in [0.4, 0.5) is 11.5 Å². The highest BCUT2D eigenvalue weighted by molar-refractivity contribution is 8.01. The maximum atomic E-state index is 12.4. The number of hydrogen-bond acceptors (Lipinski definition) is 8. The van der Waals surface area contributed by atoms with E-state index < -0.39 is 5.25 Å². The van der Waals surface area contributed by atoms with Crippen LogP contribution in [0.15, 0.2) is 28.8 Å². The number of hydrogen-bond donors (Lipinski definition) is 2. The first kappa shape index (κ1) is 26.0. The van der Waals surface area contributed by atoms with Crippen LogP contribution in [0.3, 0.4) is 0 Å². The number of nitrogens with zero attached hydrogens (tertiary/aromatic N) is 2. The van der Waals surface area contributed by atoms with Crippen LogP contribution in [-0.4, -0.2) is 65.6 Å². The number of aromatic nitrogens is 1. The van der Waals surface area contributed by atoms with E-state index in [-0.39, 0.29) is 30.0 Å². The van der Waals surface area contributed by atoms with Crippen LogP contribution in [0.2, 0.25) is 0 Å². The predicted octanol–water partition coefficient (Wildman–Crippen LogP) is 2.94.